The van der Waals surface area contributed by atoms with Crippen molar-refractivity contribution >= 4 is 51.2 Å². The topological polar surface area (TPSA) is 151 Å². The smallest absolute Gasteiger partial charge is 0.408 e. The van der Waals surface area contributed by atoms with Crippen LogP contribution >= 0.6 is 11.8 Å². The number of allylic oxidation sites excluding steroid dienone is 5. The molecule has 2 heterocycles. The van der Waals surface area contributed by atoms with E-state index >= 15 is 4.79 Å². The van der Waals surface area contributed by atoms with Crippen LogP contribution in [0.15, 0.2) is 60.7 Å². The summed E-state index contributed by atoms with van der Waals surface area (Å²) in [5.74, 6) is -3.81. The lowest BCUT2D eigenvalue weighted by Crippen LogP contribution is -2.60. The van der Waals surface area contributed by atoms with Gasteiger partial charge in [0, 0.05) is 17.0 Å². The zero-order valence-corrected chi connectivity index (χ0v) is 37.4. The van der Waals surface area contributed by atoms with Gasteiger partial charge in [-0.15, -0.1) is 11.8 Å². The molecule has 330 valence electrons. The highest BCUT2D eigenvalue weighted by Crippen LogP contribution is 2.52. The maximum Gasteiger partial charge on any atom is 0.408 e. The zero-order chi connectivity index (χ0) is 43.7. The average molecular weight is 873 g/mol. The van der Waals surface area contributed by atoms with Gasteiger partial charge < -0.3 is 20.3 Å². The van der Waals surface area contributed by atoms with Crippen molar-refractivity contribution in [1.82, 2.24) is 20.3 Å². The van der Waals surface area contributed by atoms with Gasteiger partial charge in [-0.05, 0) is 94.6 Å². The molecule has 11 nitrogen and oxygen atoms in total. The van der Waals surface area contributed by atoms with Crippen molar-refractivity contribution in [2.75, 3.05) is 12.3 Å². The first kappa shape index (κ1) is 45.8. The Kier molecular flexibility index (Phi) is 13.4. The number of carbonyl (C=O) groups excluding carboxylic acids is 4. The molecular formula is C45H62F2N4O7S2. The van der Waals surface area contributed by atoms with E-state index in [9.17, 15) is 31.6 Å². The summed E-state index contributed by atoms with van der Waals surface area (Å²) in [6.45, 7) is 10.5. The molecule has 2 spiro atoms. The van der Waals surface area contributed by atoms with Gasteiger partial charge in [0.1, 0.15) is 23.2 Å². The Morgan fingerprint density at radius 1 is 0.967 bits per heavy atom. The highest BCUT2D eigenvalue weighted by atomic mass is 32.2. The zero-order valence-electron chi connectivity index (χ0n) is 35.7. The van der Waals surface area contributed by atoms with E-state index in [0.717, 1.165) is 36.8 Å². The van der Waals surface area contributed by atoms with Gasteiger partial charge >= 0.3 is 6.09 Å². The van der Waals surface area contributed by atoms with Crippen molar-refractivity contribution in [3.63, 3.8) is 0 Å². The molecule has 2 aliphatic heterocycles. The molecule has 2 saturated carbocycles. The van der Waals surface area contributed by atoms with Gasteiger partial charge in [0.25, 0.3) is 5.91 Å². The molecule has 3 aliphatic carbocycles. The summed E-state index contributed by atoms with van der Waals surface area (Å²) in [6.07, 6.45) is 12.2. The van der Waals surface area contributed by atoms with Crippen LogP contribution in [-0.4, -0.2) is 88.6 Å². The van der Waals surface area contributed by atoms with E-state index in [1.165, 1.54) is 4.90 Å². The van der Waals surface area contributed by atoms with Gasteiger partial charge in [0.05, 0.1) is 10.7 Å². The molecule has 6 rings (SSSR count). The second-order valence-electron chi connectivity index (χ2n) is 19.4. The van der Waals surface area contributed by atoms with Crippen LogP contribution in [0.2, 0.25) is 0 Å². The van der Waals surface area contributed by atoms with Crippen molar-refractivity contribution in [1.29, 1.82) is 0 Å². The maximum atomic E-state index is 15.0. The Hall–Kier alpha value is -3.72. The predicted molar refractivity (Wildman–Crippen MR) is 230 cm³/mol. The van der Waals surface area contributed by atoms with Gasteiger partial charge in [0.15, 0.2) is 0 Å². The number of alkyl halides is 2. The summed E-state index contributed by atoms with van der Waals surface area (Å²) in [7, 11) is -4.26. The largest absolute Gasteiger partial charge is 0.444 e. The minimum Gasteiger partial charge on any atom is -0.444 e. The number of hydrogen-bond donors (Lipinski definition) is 3. The third-order valence-corrected chi connectivity index (χ3v) is 16.4. The summed E-state index contributed by atoms with van der Waals surface area (Å²) in [6, 6.07) is 7.52. The molecule has 1 aromatic rings. The molecular weight excluding hydrogens is 811 g/mol. The van der Waals surface area contributed by atoms with Crippen LogP contribution in [-0.2, 0) is 29.1 Å². The van der Waals surface area contributed by atoms with E-state index in [-0.39, 0.29) is 18.9 Å². The minimum absolute atomic E-state index is 0.0723. The van der Waals surface area contributed by atoms with E-state index in [1.54, 1.807) is 53.3 Å². The van der Waals surface area contributed by atoms with Crippen LogP contribution in [0.1, 0.15) is 118 Å². The molecule has 1 aromatic carbocycles. The van der Waals surface area contributed by atoms with Crippen molar-refractivity contribution in [2.24, 2.45) is 17.3 Å². The fourth-order valence-corrected chi connectivity index (χ4v) is 12.0. The number of sulfonamides is 1. The second-order valence-corrected chi connectivity index (χ2v) is 22.9. The monoisotopic (exact) mass is 872 g/mol. The number of alkyl carbamates (subject to hydrolysis) is 1. The Morgan fingerprint density at radius 3 is 2.27 bits per heavy atom. The van der Waals surface area contributed by atoms with E-state index < -0.39 is 90.7 Å². The van der Waals surface area contributed by atoms with Crippen LogP contribution in [0.3, 0.4) is 0 Å². The Bertz CT molecular complexity index is 1990. The number of hydrogen-bond acceptors (Lipinski definition) is 8. The molecule has 2 bridgehead atoms. The van der Waals surface area contributed by atoms with Gasteiger partial charge in [-0.25, -0.2) is 22.0 Å². The third kappa shape index (κ3) is 10.1. The lowest BCUT2D eigenvalue weighted by molar-refractivity contribution is -0.143. The molecule has 60 heavy (non-hydrogen) atoms. The normalized spacial score (nSPS) is 30.8. The van der Waals surface area contributed by atoms with Crippen molar-refractivity contribution in [3.05, 3.63) is 66.3 Å². The molecule has 1 unspecified atom stereocenters. The van der Waals surface area contributed by atoms with Crippen molar-refractivity contribution in [2.45, 2.75) is 151 Å². The molecule has 4 amide bonds. The SMILES string of the molecule is CC(C)(C)OC(=O)N[C@H](C(=O)N1C[C@]2(C3C=CC(c4ccccc4)=CC3)C[C@H]1C(=O)N[C@@]1(C[C@H]1C(F)F)C(=O)NS(=O)(=O)C1(CCCCCC/C=C\CS2)CC1)C(C)(C)C. The lowest BCUT2D eigenvalue weighted by atomic mass is 9.82. The molecule has 6 atom stereocenters. The maximum absolute atomic E-state index is 15.0. The first-order chi connectivity index (χ1) is 28.1. The fraction of sp³-hybridized carbons (Fsp3) is 0.644. The van der Waals surface area contributed by atoms with E-state index in [2.05, 4.69) is 45.7 Å². The molecule has 1 saturated heterocycles. The van der Waals surface area contributed by atoms with Crippen molar-refractivity contribution < 1.29 is 41.1 Å². The number of nitrogens with one attached hydrogen (secondary N) is 3. The fourth-order valence-electron chi connectivity index (χ4n) is 8.88. The molecule has 15 heteroatoms. The second kappa shape index (κ2) is 17.6. The number of halogens is 2. The number of carbonyl (C=O) groups is 4. The first-order valence-corrected chi connectivity index (χ1v) is 23.8. The summed E-state index contributed by atoms with van der Waals surface area (Å²) in [5, 5.41) is 5.37. The van der Waals surface area contributed by atoms with Gasteiger partial charge in [0.2, 0.25) is 28.3 Å². The number of likely N-dealkylation sites (tertiary alicyclic amines) is 1. The molecule has 0 aromatic heterocycles. The minimum atomic E-state index is -4.26. The quantitative estimate of drug-likeness (QED) is 0.255. The van der Waals surface area contributed by atoms with Gasteiger partial charge in [-0.2, -0.15) is 0 Å². The van der Waals surface area contributed by atoms with Crippen molar-refractivity contribution in [3.8, 4) is 0 Å². The van der Waals surface area contributed by atoms with Crippen LogP contribution < -0.4 is 15.4 Å². The number of fused-ring (bicyclic) bond motifs is 2. The highest BCUT2D eigenvalue weighted by Gasteiger charge is 2.68. The molecule has 0 radical (unpaired) electrons. The highest BCUT2D eigenvalue weighted by molar-refractivity contribution is 8.00. The summed E-state index contributed by atoms with van der Waals surface area (Å²) >= 11 is 1.62. The Labute approximate surface area is 358 Å². The number of ether oxygens (including phenoxy) is 1. The number of benzene rings is 1. The first-order valence-electron chi connectivity index (χ1n) is 21.3. The molecule has 5 aliphatic rings. The summed E-state index contributed by atoms with van der Waals surface area (Å²) in [5.41, 5.74) is -1.84. The van der Waals surface area contributed by atoms with Crippen LogP contribution in [0.5, 0.6) is 0 Å². The Morgan fingerprint density at radius 2 is 1.67 bits per heavy atom. The Balaban J connectivity index is 1.40. The van der Waals surface area contributed by atoms with Crippen LogP contribution in [0.4, 0.5) is 13.6 Å². The number of rotatable bonds is 5. The lowest BCUT2D eigenvalue weighted by Gasteiger charge is -2.38. The summed E-state index contributed by atoms with van der Waals surface area (Å²) < 4.78 is 62.3. The van der Waals surface area contributed by atoms with E-state index in [4.69, 9.17) is 4.74 Å². The van der Waals surface area contributed by atoms with E-state index in [1.807, 2.05) is 30.3 Å². The van der Waals surface area contributed by atoms with Crippen LogP contribution in [0.25, 0.3) is 5.57 Å². The number of amides is 4. The van der Waals surface area contributed by atoms with E-state index in [0.29, 0.717) is 37.9 Å². The third-order valence-electron chi connectivity index (χ3n) is 12.7. The standard InChI is InChI=1S/C45H62F2N4O7S2/c1-41(2,3)35(48-40(55)58-42(4,5)6)38(53)51-29-44(32-21-19-31(20-22-32)30-17-13-12-14-18-30)28-34(51)37(52)49-45(27-33(45)36(46)47)39(54)50-60(56,57)43(24-25-43)23-15-10-8-7-9-11-16-26-59-44/h11-14,16-21,32-36H,7-10,15,22-29H2,1-6H3,(H,48,55)(H,49,52)(H,50,54)/b16-11-/t32?,33-,34-,35+,44-,45+/m0/s1. The average Bonchev–Trinajstić information content (AvgIpc) is 4.09. The molecule has 3 fully saturated rings. The summed E-state index contributed by atoms with van der Waals surface area (Å²) in [4.78, 5) is 58.5. The van der Waals surface area contributed by atoms with Gasteiger partial charge in [-0.3, -0.25) is 19.1 Å². The number of thioether (sulfide) groups is 1. The number of nitrogens with zero attached hydrogens (tertiary/aromatic N) is 1. The predicted octanol–water partition coefficient (Wildman–Crippen LogP) is 7.69. The molecule has 3 N–H and O–H groups in total. The van der Waals surface area contributed by atoms with Crippen LogP contribution in [0, 0.1) is 17.3 Å². The van der Waals surface area contributed by atoms with Gasteiger partial charge in [-0.1, -0.05) is 101 Å².